The summed E-state index contributed by atoms with van der Waals surface area (Å²) in [5.74, 6) is 1.85. The number of phenolic OH excluding ortho intramolecular Hbond substituents is 3. The molecule has 4 rings (SSSR count). The van der Waals surface area contributed by atoms with E-state index in [1.807, 2.05) is 77.9 Å². The van der Waals surface area contributed by atoms with Gasteiger partial charge in [-0.05, 0) is 100 Å². The zero-order valence-electron chi connectivity index (χ0n) is 21.0. The van der Waals surface area contributed by atoms with Crippen LogP contribution in [-0.4, -0.2) is 15.3 Å². The molecule has 0 amide bonds. The van der Waals surface area contributed by atoms with Gasteiger partial charge < -0.3 is 25.0 Å². The number of benzene rings is 4. The Hall–Kier alpha value is -4.12. The summed E-state index contributed by atoms with van der Waals surface area (Å²) in [7, 11) is 0. The Kier molecular flexibility index (Phi) is 6.35. The molecule has 0 spiro atoms. The molecule has 0 aliphatic rings. The van der Waals surface area contributed by atoms with Gasteiger partial charge in [0.1, 0.15) is 23.0 Å². The van der Waals surface area contributed by atoms with Crippen molar-refractivity contribution < 1.29 is 20.1 Å². The Bertz CT molecular complexity index is 1340. The summed E-state index contributed by atoms with van der Waals surface area (Å²) in [6.45, 7) is 11.6. The fourth-order valence-corrected chi connectivity index (χ4v) is 4.62. The maximum atomic E-state index is 10.6. The third kappa shape index (κ3) is 4.37. The van der Waals surface area contributed by atoms with Crippen LogP contribution in [0.4, 0.5) is 17.1 Å². The summed E-state index contributed by atoms with van der Waals surface area (Å²) in [5, 5.41) is 31.3. The first-order chi connectivity index (χ1) is 16.6. The summed E-state index contributed by atoms with van der Waals surface area (Å²) < 4.78 is 6.49. The highest BCUT2D eigenvalue weighted by Gasteiger charge is 2.26. The third-order valence-electron chi connectivity index (χ3n) is 6.42. The summed E-state index contributed by atoms with van der Waals surface area (Å²) in [6.07, 6.45) is 0. The minimum absolute atomic E-state index is 0.190. The largest absolute Gasteiger partial charge is 0.508 e. The van der Waals surface area contributed by atoms with Crippen molar-refractivity contribution in [3.8, 4) is 28.7 Å². The molecule has 4 aromatic rings. The number of aryl methyl sites for hydroxylation is 4. The lowest BCUT2D eigenvalue weighted by molar-refractivity contribution is 0.459. The molecule has 35 heavy (non-hydrogen) atoms. The van der Waals surface area contributed by atoms with Crippen LogP contribution in [0.25, 0.3) is 0 Å². The molecular formula is C30H31NO4. The third-order valence-corrected chi connectivity index (χ3v) is 6.42. The fourth-order valence-electron chi connectivity index (χ4n) is 4.62. The van der Waals surface area contributed by atoms with Gasteiger partial charge in [-0.25, -0.2) is 0 Å². The quantitative estimate of drug-likeness (QED) is 0.277. The SMILES string of the molecule is Cc1cc(O)cc(C)c1Oc1ccccc1N(c1c(C)ccc(O)c1C)c1c(C)ccc(O)c1C. The highest BCUT2D eigenvalue weighted by molar-refractivity contribution is 5.87. The smallest absolute Gasteiger partial charge is 0.151 e. The average molecular weight is 470 g/mol. The van der Waals surface area contributed by atoms with Crippen LogP contribution in [0.1, 0.15) is 33.4 Å². The summed E-state index contributed by atoms with van der Waals surface area (Å²) in [5.41, 5.74) is 7.40. The second-order valence-electron chi connectivity index (χ2n) is 9.06. The number of para-hydroxylation sites is 2. The maximum Gasteiger partial charge on any atom is 0.151 e. The minimum atomic E-state index is 0.190. The molecule has 5 nitrogen and oxygen atoms in total. The molecule has 0 fully saturated rings. The van der Waals surface area contributed by atoms with Crippen LogP contribution in [0.15, 0.2) is 60.7 Å². The standard InChI is InChI=1S/C30H31NO4/c1-17-11-13-25(33)21(5)28(17)31(29-18(2)12-14-26(34)22(29)6)24-9-7-8-10-27(24)35-30-19(3)15-23(32)16-20(30)4/h7-16,32-34H,1-6H3. The summed E-state index contributed by atoms with van der Waals surface area (Å²) >= 11 is 0. The number of phenols is 3. The van der Waals surface area contributed by atoms with E-state index in [-0.39, 0.29) is 17.2 Å². The van der Waals surface area contributed by atoms with E-state index in [0.717, 1.165) is 50.4 Å². The molecule has 0 bridgehead atoms. The Balaban J connectivity index is 2.03. The number of anilines is 3. The normalized spacial score (nSPS) is 10.9. The Morgan fingerprint density at radius 2 is 1.09 bits per heavy atom. The van der Waals surface area contributed by atoms with Crippen LogP contribution in [0.5, 0.6) is 28.7 Å². The highest BCUT2D eigenvalue weighted by atomic mass is 16.5. The van der Waals surface area contributed by atoms with E-state index in [2.05, 4.69) is 4.90 Å². The van der Waals surface area contributed by atoms with Gasteiger partial charge in [-0.1, -0.05) is 24.3 Å². The van der Waals surface area contributed by atoms with Crippen molar-refractivity contribution in [1.82, 2.24) is 0 Å². The van der Waals surface area contributed by atoms with E-state index in [1.165, 1.54) is 0 Å². The zero-order chi connectivity index (χ0) is 25.4. The monoisotopic (exact) mass is 469 g/mol. The lowest BCUT2D eigenvalue weighted by Gasteiger charge is -2.33. The zero-order valence-corrected chi connectivity index (χ0v) is 21.0. The summed E-state index contributed by atoms with van der Waals surface area (Å²) in [6, 6.07) is 18.2. The van der Waals surface area contributed by atoms with Gasteiger partial charge in [-0.2, -0.15) is 0 Å². The van der Waals surface area contributed by atoms with E-state index in [4.69, 9.17) is 4.74 Å². The van der Waals surface area contributed by atoms with Crippen molar-refractivity contribution >= 4 is 17.1 Å². The Morgan fingerprint density at radius 1 is 0.600 bits per heavy atom. The molecule has 0 aliphatic carbocycles. The van der Waals surface area contributed by atoms with E-state index in [0.29, 0.717) is 11.5 Å². The molecule has 0 atom stereocenters. The summed E-state index contributed by atoms with van der Waals surface area (Å²) in [4.78, 5) is 2.05. The first-order valence-electron chi connectivity index (χ1n) is 11.6. The van der Waals surface area contributed by atoms with Crippen molar-refractivity contribution in [3.05, 3.63) is 94.0 Å². The van der Waals surface area contributed by atoms with Gasteiger partial charge in [0.15, 0.2) is 5.75 Å². The highest BCUT2D eigenvalue weighted by Crippen LogP contribution is 2.49. The molecule has 0 unspecified atom stereocenters. The minimum Gasteiger partial charge on any atom is -0.508 e. The van der Waals surface area contributed by atoms with Gasteiger partial charge >= 0.3 is 0 Å². The van der Waals surface area contributed by atoms with E-state index >= 15 is 0 Å². The number of rotatable bonds is 5. The van der Waals surface area contributed by atoms with Crippen LogP contribution in [0, 0.1) is 41.5 Å². The first-order valence-corrected chi connectivity index (χ1v) is 11.6. The van der Waals surface area contributed by atoms with Crippen molar-refractivity contribution in [1.29, 1.82) is 0 Å². The van der Waals surface area contributed by atoms with Gasteiger partial charge in [0.2, 0.25) is 0 Å². The predicted molar refractivity (Wildman–Crippen MR) is 141 cm³/mol. The molecule has 0 radical (unpaired) electrons. The fraction of sp³-hybridized carbons (Fsp3) is 0.200. The van der Waals surface area contributed by atoms with Gasteiger partial charge in [0.05, 0.1) is 17.1 Å². The Labute approximate surface area is 206 Å². The van der Waals surface area contributed by atoms with Gasteiger partial charge in [-0.3, -0.25) is 0 Å². The van der Waals surface area contributed by atoms with Gasteiger partial charge in [0.25, 0.3) is 0 Å². The van der Waals surface area contributed by atoms with Crippen LogP contribution in [0.3, 0.4) is 0 Å². The van der Waals surface area contributed by atoms with Crippen molar-refractivity contribution in [2.75, 3.05) is 4.90 Å². The van der Waals surface area contributed by atoms with Crippen LogP contribution in [-0.2, 0) is 0 Å². The molecule has 3 N–H and O–H groups in total. The molecule has 0 saturated heterocycles. The molecule has 5 heteroatoms. The average Bonchev–Trinajstić information content (AvgIpc) is 2.81. The lowest BCUT2D eigenvalue weighted by Crippen LogP contribution is -2.16. The number of aromatic hydroxyl groups is 3. The van der Waals surface area contributed by atoms with Crippen LogP contribution in [0.2, 0.25) is 0 Å². The molecule has 0 saturated carbocycles. The van der Waals surface area contributed by atoms with Gasteiger partial charge in [0, 0.05) is 11.1 Å². The second kappa shape index (κ2) is 9.26. The Morgan fingerprint density at radius 3 is 1.60 bits per heavy atom. The molecule has 0 heterocycles. The molecule has 0 aliphatic heterocycles. The molecule has 4 aromatic carbocycles. The number of ether oxygens (including phenoxy) is 1. The number of hydrogen-bond acceptors (Lipinski definition) is 5. The van der Waals surface area contributed by atoms with Crippen molar-refractivity contribution in [2.24, 2.45) is 0 Å². The molecular weight excluding hydrogens is 438 g/mol. The number of hydrogen-bond donors (Lipinski definition) is 3. The van der Waals surface area contributed by atoms with Gasteiger partial charge in [-0.15, -0.1) is 0 Å². The molecule has 0 aromatic heterocycles. The maximum absolute atomic E-state index is 10.6. The van der Waals surface area contributed by atoms with E-state index in [9.17, 15) is 15.3 Å². The lowest BCUT2D eigenvalue weighted by atomic mass is 10.0. The van der Waals surface area contributed by atoms with E-state index in [1.54, 1.807) is 24.3 Å². The topological polar surface area (TPSA) is 73.2 Å². The van der Waals surface area contributed by atoms with Crippen LogP contribution >= 0.6 is 0 Å². The van der Waals surface area contributed by atoms with Crippen molar-refractivity contribution in [2.45, 2.75) is 41.5 Å². The first kappa shape index (κ1) is 24.0. The van der Waals surface area contributed by atoms with E-state index < -0.39 is 0 Å². The predicted octanol–water partition coefficient (Wildman–Crippen LogP) is 7.92. The molecule has 180 valence electrons. The number of nitrogens with zero attached hydrogens (tertiary/aromatic N) is 1. The van der Waals surface area contributed by atoms with Crippen LogP contribution < -0.4 is 9.64 Å². The second-order valence-corrected chi connectivity index (χ2v) is 9.06. The van der Waals surface area contributed by atoms with Crippen molar-refractivity contribution in [3.63, 3.8) is 0 Å².